The van der Waals surface area contributed by atoms with E-state index in [-0.39, 0.29) is 0 Å². The van der Waals surface area contributed by atoms with Gasteiger partial charge in [-0.25, -0.2) is 19.9 Å². The second kappa shape index (κ2) is 11.1. The van der Waals surface area contributed by atoms with Gasteiger partial charge in [-0.3, -0.25) is 4.98 Å². The van der Waals surface area contributed by atoms with Gasteiger partial charge in [-0.05, 0) is 23.6 Å². The first-order valence-electron chi connectivity index (χ1n) is 15.4. The van der Waals surface area contributed by atoms with Gasteiger partial charge in [0.25, 0.3) is 0 Å². The first-order chi connectivity index (χ1) is 23.3. The normalized spacial score (nSPS) is 11.4. The Morgan fingerprint density at radius 2 is 0.936 bits per heavy atom. The van der Waals surface area contributed by atoms with Gasteiger partial charge >= 0.3 is 0 Å². The van der Waals surface area contributed by atoms with Crippen LogP contribution in [0, 0.1) is 0 Å². The molecule has 0 aliphatic heterocycles. The molecule has 47 heavy (non-hydrogen) atoms. The van der Waals surface area contributed by atoms with Crippen molar-refractivity contribution in [2.75, 3.05) is 0 Å². The summed E-state index contributed by atoms with van der Waals surface area (Å²) in [6.45, 7) is 0. The molecular weight excluding hydrogens is 578 g/mol. The van der Waals surface area contributed by atoms with Crippen LogP contribution in [0.4, 0.5) is 0 Å². The van der Waals surface area contributed by atoms with E-state index in [1.807, 2.05) is 97.1 Å². The predicted molar refractivity (Wildman–Crippen MR) is 187 cm³/mol. The summed E-state index contributed by atoms with van der Waals surface area (Å²) in [6, 6.07) is 48.8. The number of aromatic nitrogens is 5. The first kappa shape index (κ1) is 26.8. The third-order valence-electron chi connectivity index (χ3n) is 8.39. The molecule has 0 atom stereocenters. The third kappa shape index (κ3) is 4.89. The fourth-order valence-electron chi connectivity index (χ4n) is 6.03. The minimum Gasteiger partial charge on any atom is -0.454 e. The third-order valence-corrected chi connectivity index (χ3v) is 8.39. The van der Waals surface area contributed by atoms with Crippen molar-refractivity contribution in [1.29, 1.82) is 0 Å². The lowest BCUT2D eigenvalue weighted by atomic mass is 10.0. The second-order valence-corrected chi connectivity index (χ2v) is 11.4. The molecule has 0 saturated heterocycles. The topological polar surface area (TPSA) is 77.6 Å². The molecule has 0 N–H and O–H groups in total. The molecule has 0 saturated carbocycles. The molecule has 0 amide bonds. The Morgan fingerprint density at radius 1 is 0.383 bits per heavy atom. The molecule has 5 aromatic carbocycles. The zero-order chi connectivity index (χ0) is 31.2. The van der Waals surface area contributed by atoms with Crippen LogP contribution in [0.15, 0.2) is 156 Å². The van der Waals surface area contributed by atoms with Gasteiger partial charge < -0.3 is 4.42 Å². The number of pyridine rings is 2. The van der Waals surface area contributed by atoms with E-state index in [0.29, 0.717) is 17.5 Å². The smallest absolute Gasteiger partial charge is 0.164 e. The summed E-state index contributed by atoms with van der Waals surface area (Å²) in [5, 5.41) is 4.22. The van der Waals surface area contributed by atoms with Crippen LogP contribution in [0.25, 0.3) is 89.5 Å². The molecule has 0 spiro atoms. The Kier molecular flexibility index (Phi) is 6.35. The zero-order valence-electron chi connectivity index (χ0n) is 25.1. The van der Waals surface area contributed by atoms with Crippen molar-refractivity contribution in [3.63, 3.8) is 0 Å². The van der Waals surface area contributed by atoms with E-state index in [4.69, 9.17) is 29.3 Å². The summed E-state index contributed by atoms with van der Waals surface area (Å²) in [6.07, 6.45) is 1.80. The van der Waals surface area contributed by atoms with Crippen molar-refractivity contribution in [1.82, 2.24) is 24.9 Å². The molecule has 4 aromatic heterocycles. The van der Waals surface area contributed by atoms with Crippen molar-refractivity contribution < 1.29 is 4.42 Å². The van der Waals surface area contributed by atoms with Gasteiger partial charge in [-0.2, -0.15) is 0 Å². The van der Waals surface area contributed by atoms with Crippen molar-refractivity contribution in [3.8, 4) is 56.8 Å². The Morgan fingerprint density at radius 3 is 1.62 bits per heavy atom. The standard InChI is InChI=1S/C41H25N5O/c1-3-11-27(12-4-1)39-44-40(28-13-5-2-6-14-28)46-41(45-39)29-21-19-26(20-22-29)34-23-30-15-7-8-16-31(30)38(43-34)35-24-33-32-17-9-10-18-36(32)47-37(33)25-42-35/h1-25H. The molecule has 0 aliphatic rings. The SMILES string of the molecule is c1ccc(-c2nc(-c3ccccc3)nc(-c3ccc(-c4cc5ccccc5c(-c5cc6c(cn5)oc5ccccc56)n4)cc3)n2)cc1. The number of para-hydroxylation sites is 1. The van der Waals surface area contributed by atoms with Crippen LogP contribution in [-0.2, 0) is 0 Å². The molecule has 0 fully saturated rings. The van der Waals surface area contributed by atoms with Crippen LogP contribution in [0.3, 0.4) is 0 Å². The summed E-state index contributed by atoms with van der Waals surface area (Å²) in [4.78, 5) is 24.6. The monoisotopic (exact) mass is 603 g/mol. The Labute approximate surface area is 270 Å². The lowest BCUT2D eigenvalue weighted by Crippen LogP contribution is -2.00. The molecule has 0 aliphatic carbocycles. The number of nitrogens with zero attached hydrogens (tertiary/aromatic N) is 5. The van der Waals surface area contributed by atoms with E-state index in [1.165, 1.54) is 0 Å². The Bertz CT molecular complexity index is 2500. The van der Waals surface area contributed by atoms with Gasteiger partial charge in [0.1, 0.15) is 5.58 Å². The van der Waals surface area contributed by atoms with Gasteiger partial charge in [0.15, 0.2) is 23.1 Å². The number of hydrogen-bond donors (Lipinski definition) is 0. The number of hydrogen-bond acceptors (Lipinski definition) is 6. The number of furan rings is 1. The van der Waals surface area contributed by atoms with Gasteiger partial charge in [0.2, 0.25) is 0 Å². The van der Waals surface area contributed by atoms with E-state index in [1.54, 1.807) is 6.20 Å². The van der Waals surface area contributed by atoms with Crippen molar-refractivity contribution in [3.05, 3.63) is 152 Å². The first-order valence-corrected chi connectivity index (χ1v) is 15.4. The minimum atomic E-state index is 0.612. The Hall–Kier alpha value is -6.53. The van der Waals surface area contributed by atoms with E-state index in [9.17, 15) is 0 Å². The lowest BCUT2D eigenvalue weighted by molar-refractivity contribution is 0.667. The van der Waals surface area contributed by atoms with E-state index < -0.39 is 0 Å². The van der Waals surface area contributed by atoms with Crippen LogP contribution in [0.5, 0.6) is 0 Å². The highest BCUT2D eigenvalue weighted by Crippen LogP contribution is 2.35. The van der Waals surface area contributed by atoms with Crippen molar-refractivity contribution in [2.45, 2.75) is 0 Å². The van der Waals surface area contributed by atoms with Crippen LogP contribution in [-0.4, -0.2) is 24.9 Å². The van der Waals surface area contributed by atoms with E-state index in [2.05, 4.69) is 48.5 Å². The highest BCUT2D eigenvalue weighted by molar-refractivity contribution is 6.06. The fourth-order valence-corrected chi connectivity index (χ4v) is 6.03. The molecule has 6 heteroatoms. The predicted octanol–water partition coefficient (Wildman–Crippen LogP) is 10.0. The van der Waals surface area contributed by atoms with Crippen LogP contribution in [0.2, 0.25) is 0 Å². The summed E-state index contributed by atoms with van der Waals surface area (Å²) >= 11 is 0. The van der Waals surface area contributed by atoms with Gasteiger partial charge in [0.05, 0.1) is 23.3 Å². The fraction of sp³-hybridized carbons (Fsp3) is 0. The van der Waals surface area contributed by atoms with Gasteiger partial charge in [-0.15, -0.1) is 0 Å². The van der Waals surface area contributed by atoms with Crippen LogP contribution < -0.4 is 0 Å². The molecule has 9 aromatic rings. The zero-order valence-corrected chi connectivity index (χ0v) is 25.1. The largest absolute Gasteiger partial charge is 0.454 e. The Balaban J connectivity index is 1.14. The summed E-state index contributed by atoms with van der Waals surface area (Å²) in [5.74, 6) is 1.88. The van der Waals surface area contributed by atoms with E-state index >= 15 is 0 Å². The summed E-state index contributed by atoms with van der Waals surface area (Å²) in [7, 11) is 0. The second-order valence-electron chi connectivity index (χ2n) is 11.4. The molecule has 220 valence electrons. The average molecular weight is 604 g/mol. The van der Waals surface area contributed by atoms with Crippen LogP contribution in [0.1, 0.15) is 0 Å². The van der Waals surface area contributed by atoms with Gasteiger partial charge in [-0.1, -0.05) is 127 Å². The molecule has 4 heterocycles. The van der Waals surface area contributed by atoms with E-state index in [0.717, 1.165) is 72.0 Å². The van der Waals surface area contributed by atoms with Crippen molar-refractivity contribution >= 4 is 32.7 Å². The molecular formula is C41H25N5O. The maximum atomic E-state index is 6.04. The quantitative estimate of drug-likeness (QED) is 0.195. The number of fused-ring (bicyclic) bond motifs is 4. The van der Waals surface area contributed by atoms with Crippen molar-refractivity contribution in [2.24, 2.45) is 0 Å². The maximum Gasteiger partial charge on any atom is 0.164 e. The number of rotatable bonds is 5. The molecule has 0 unspecified atom stereocenters. The van der Waals surface area contributed by atoms with Crippen LogP contribution >= 0.6 is 0 Å². The highest BCUT2D eigenvalue weighted by atomic mass is 16.3. The average Bonchev–Trinajstić information content (AvgIpc) is 3.53. The highest BCUT2D eigenvalue weighted by Gasteiger charge is 2.16. The van der Waals surface area contributed by atoms with Gasteiger partial charge in [0, 0.05) is 38.4 Å². The minimum absolute atomic E-state index is 0.612. The maximum absolute atomic E-state index is 6.04. The molecule has 9 rings (SSSR count). The number of benzene rings is 5. The molecule has 0 bridgehead atoms. The molecule has 0 radical (unpaired) electrons. The lowest BCUT2D eigenvalue weighted by Gasteiger charge is -2.11. The molecule has 6 nitrogen and oxygen atoms in total. The summed E-state index contributed by atoms with van der Waals surface area (Å²) in [5.41, 5.74) is 7.84. The summed E-state index contributed by atoms with van der Waals surface area (Å²) < 4.78 is 6.04.